The molecule has 4 rings (SSSR count). The second-order valence-corrected chi connectivity index (χ2v) is 9.31. The minimum atomic E-state index is -3.61. The number of nitrogens with zero attached hydrogens (tertiary/aromatic N) is 4. The molecule has 0 atom stereocenters. The highest BCUT2D eigenvalue weighted by Crippen LogP contribution is 2.31. The highest BCUT2D eigenvalue weighted by atomic mass is 32.3. The molecule has 2 aromatic rings. The van der Waals surface area contributed by atoms with E-state index in [0.29, 0.717) is 23.1 Å². The van der Waals surface area contributed by atoms with Crippen LogP contribution in [0.4, 0.5) is 5.69 Å². The average molecular weight is 445 g/mol. The number of non-ortho nitro benzene ring substituents is 1. The minimum absolute atomic E-state index is 0.00594. The van der Waals surface area contributed by atoms with Gasteiger partial charge in [0.25, 0.3) is 11.6 Å². The number of fused-ring (bicyclic) bond motifs is 1. The molecule has 3 heterocycles. The van der Waals surface area contributed by atoms with Gasteiger partial charge in [-0.15, -0.1) is 5.10 Å². The van der Waals surface area contributed by atoms with E-state index in [2.05, 4.69) is 10.1 Å². The lowest BCUT2D eigenvalue weighted by molar-refractivity contribution is -0.384. The van der Waals surface area contributed by atoms with Crippen molar-refractivity contribution in [2.24, 2.45) is 10.1 Å². The Labute approximate surface area is 173 Å². The largest absolute Gasteiger partial charge is 0.457 e. The number of hydrogen-bond acceptors (Lipinski definition) is 9. The summed E-state index contributed by atoms with van der Waals surface area (Å²) in [6.45, 7) is 0. The number of rotatable bonds is 3. The Bertz CT molecular complexity index is 1300. The maximum atomic E-state index is 12.3. The van der Waals surface area contributed by atoms with Gasteiger partial charge in [0.2, 0.25) is 19.4 Å². The van der Waals surface area contributed by atoms with Crippen LogP contribution in [0.1, 0.15) is 5.76 Å². The van der Waals surface area contributed by atoms with Gasteiger partial charge in [0.05, 0.1) is 10.5 Å². The highest BCUT2D eigenvalue weighted by Gasteiger charge is 2.38. The number of furan rings is 1. The smallest absolute Gasteiger partial charge is 0.283 e. The molecule has 13 heteroatoms. The zero-order valence-electron chi connectivity index (χ0n) is 15.1. The van der Waals surface area contributed by atoms with Crippen molar-refractivity contribution in [1.82, 2.24) is 5.01 Å². The van der Waals surface area contributed by atoms with Gasteiger partial charge in [-0.2, -0.15) is 10.0 Å². The van der Waals surface area contributed by atoms with E-state index in [1.54, 1.807) is 12.1 Å². The number of nitrogens with one attached hydrogen (secondary N) is 1. The number of hydrazone groups is 1. The molecule has 2 aliphatic heterocycles. The van der Waals surface area contributed by atoms with Crippen molar-refractivity contribution in [1.29, 1.82) is 5.41 Å². The summed E-state index contributed by atoms with van der Waals surface area (Å²) in [6, 6.07) is 8.92. The van der Waals surface area contributed by atoms with E-state index in [9.17, 15) is 23.3 Å². The van der Waals surface area contributed by atoms with E-state index in [0.717, 1.165) is 11.3 Å². The molecule has 1 aromatic carbocycles. The van der Waals surface area contributed by atoms with Crippen molar-refractivity contribution < 1.29 is 22.6 Å². The number of hydrogen-bond donors (Lipinski definition) is 1. The first-order valence-corrected chi connectivity index (χ1v) is 10.9. The average Bonchev–Trinajstić information content (AvgIpc) is 3.32. The molecule has 30 heavy (non-hydrogen) atoms. The summed E-state index contributed by atoms with van der Waals surface area (Å²) in [4.78, 5) is 26.4. The first kappa shape index (κ1) is 19.7. The van der Waals surface area contributed by atoms with E-state index < -0.39 is 20.7 Å². The molecule has 0 unspecified atom stereocenters. The predicted molar refractivity (Wildman–Crippen MR) is 111 cm³/mol. The van der Waals surface area contributed by atoms with Crippen LogP contribution < -0.4 is 0 Å². The van der Waals surface area contributed by atoms with Crippen LogP contribution >= 0.6 is 11.8 Å². The number of nitro benzene ring substituents is 1. The summed E-state index contributed by atoms with van der Waals surface area (Å²) >= 11 is 0.700. The molecule has 0 spiro atoms. The van der Waals surface area contributed by atoms with Gasteiger partial charge in [-0.05, 0) is 42.1 Å². The number of nitro groups is 1. The zero-order valence-corrected chi connectivity index (χ0v) is 16.7. The van der Waals surface area contributed by atoms with Crippen LogP contribution in [-0.4, -0.2) is 45.9 Å². The molecule has 2 aliphatic rings. The molecule has 1 amide bonds. The fourth-order valence-electron chi connectivity index (χ4n) is 2.60. The number of carbonyl (C=O) groups excluding carboxylic acids is 1. The number of amides is 1. The van der Waals surface area contributed by atoms with Crippen molar-refractivity contribution in [3.05, 3.63) is 57.8 Å². The lowest BCUT2D eigenvalue weighted by atomic mass is 10.1. The van der Waals surface area contributed by atoms with Crippen LogP contribution in [0.25, 0.3) is 17.4 Å². The molecule has 152 valence electrons. The molecule has 0 aliphatic carbocycles. The van der Waals surface area contributed by atoms with Crippen molar-refractivity contribution in [2.75, 3.05) is 6.26 Å². The third-order valence-electron chi connectivity index (χ3n) is 4.03. The molecule has 0 fully saturated rings. The van der Waals surface area contributed by atoms with E-state index in [-0.39, 0.29) is 32.4 Å². The summed E-state index contributed by atoms with van der Waals surface area (Å²) < 4.78 is 28.8. The van der Waals surface area contributed by atoms with E-state index >= 15 is 0 Å². The van der Waals surface area contributed by atoms with E-state index in [4.69, 9.17) is 9.83 Å². The monoisotopic (exact) mass is 445 g/mol. The van der Waals surface area contributed by atoms with Crippen molar-refractivity contribution in [2.45, 2.75) is 0 Å². The van der Waals surface area contributed by atoms with Gasteiger partial charge >= 0.3 is 0 Å². The van der Waals surface area contributed by atoms with Gasteiger partial charge in [0, 0.05) is 24.0 Å². The Morgan fingerprint density at radius 2 is 1.93 bits per heavy atom. The SMILES string of the molecule is CS(=O)(=O)C1=NN2C(=N)/C(=C/c3ccc(-c4ccc([N+](=O)[O-])cc4)o3)C(=O)N=C2S1. The third-order valence-corrected chi connectivity index (χ3v) is 6.61. The van der Waals surface area contributed by atoms with Crippen LogP contribution in [0.5, 0.6) is 0 Å². The number of benzene rings is 1. The maximum Gasteiger partial charge on any atom is 0.283 e. The summed E-state index contributed by atoms with van der Waals surface area (Å²) in [5.74, 6) is -0.402. The molecule has 1 aromatic heterocycles. The molecular formula is C17H11N5O6S2. The van der Waals surface area contributed by atoms with Crippen molar-refractivity contribution >= 4 is 54.6 Å². The number of sulfone groups is 1. The lowest BCUT2D eigenvalue weighted by Gasteiger charge is -2.19. The highest BCUT2D eigenvalue weighted by molar-refractivity contribution is 8.42. The standard InChI is InChI=1S/C17H11N5O6S2/c1-30(26,27)17-20-21-14(18)12(15(23)19-16(21)29-17)8-11-6-7-13(28-11)9-2-4-10(5-3-9)22(24)25/h2-8,18H,1H3/b12-8-,18-14?. The van der Waals surface area contributed by atoms with Gasteiger partial charge in [0.15, 0.2) is 5.84 Å². The Morgan fingerprint density at radius 1 is 1.23 bits per heavy atom. The Balaban J connectivity index is 1.63. The Morgan fingerprint density at radius 3 is 2.57 bits per heavy atom. The van der Waals surface area contributed by atoms with Crippen LogP contribution in [0.3, 0.4) is 0 Å². The molecule has 0 saturated heterocycles. The second kappa shape index (κ2) is 7.03. The number of aliphatic imine (C=N–C) groups is 1. The summed E-state index contributed by atoms with van der Waals surface area (Å²) in [7, 11) is -3.61. The van der Waals surface area contributed by atoms with Gasteiger partial charge < -0.3 is 4.42 Å². The third kappa shape index (κ3) is 3.55. The number of carbonyl (C=O) groups is 1. The van der Waals surface area contributed by atoms with Crippen molar-refractivity contribution in [3.63, 3.8) is 0 Å². The molecular weight excluding hydrogens is 434 g/mol. The summed E-state index contributed by atoms with van der Waals surface area (Å²) in [5, 5.41) is 23.8. The molecule has 0 saturated carbocycles. The first-order valence-electron chi connectivity index (χ1n) is 8.18. The van der Waals surface area contributed by atoms with Gasteiger partial charge in [-0.1, -0.05) is 0 Å². The Kier molecular flexibility index (Phi) is 4.63. The van der Waals surface area contributed by atoms with E-state index in [1.807, 2.05) is 0 Å². The number of thioether (sulfide) groups is 1. The van der Waals surface area contributed by atoms with Gasteiger partial charge in [0.1, 0.15) is 11.5 Å². The number of amidine groups is 2. The molecule has 0 bridgehead atoms. The van der Waals surface area contributed by atoms with Gasteiger partial charge in [-0.3, -0.25) is 20.3 Å². The zero-order chi connectivity index (χ0) is 21.6. The molecule has 0 radical (unpaired) electrons. The predicted octanol–water partition coefficient (Wildman–Crippen LogP) is 2.48. The minimum Gasteiger partial charge on any atom is -0.457 e. The fourth-order valence-corrected chi connectivity index (χ4v) is 4.28. The first-order chi connectivity index (χ1) is 14.1. The lowest BCUT2D eigenvalue weighted by Crippen LogP contribution is -2.35. The summed E-state index contributed by atoms with van der Waals surface area (Å²) in [5.41, 5.74) is 0.413. The fraction of sp³-hybridized carbons (Fsp3) is 0.0588. The van der Waals surface area contributed by atoms with Crippen LogP contribution in [0.15, 0.2) is 56.5 Å². The maximum absolute atomic E-state index is 12.3. The van der Waals surface area contributed by atoms with Crippen LogP contribution in [0, 0.1) is 15.5 Å². The van der Waals surface area contributed by atoms with Crippen LogP contribution in [0.2, 0.25) is 0 Å². The second-order valence-electron chi connectivity index (χ2n) is 6.16. The topological polar surface area (TPSA) is 159 Å². The Hall–Kier alpha value is -3.58. The normalized spacial score (nSPS) is 17.8. The quantitative estimate of drug-likeness (QED) is 0.428. The summed E-state index contributed by atoms with van der Waals surface area (Å²) in [6.07, 6.45) is 2.28. The van der Waals surface area contributed by atoms with E-state index in [1.165, 1.54) is 30.3 Å². The van der Waals surface area contributed by atoms with Gasteiger partial charge in [-0.25, -0.2) is 8.42 Å². The van der Waals surface area contributed by atoms with Crippen LogP contribution in [-0.2, 0) is 14.6 Å². The van der Waals surface area contributed by atoms with Crippen molar-refractivity contribution in [3.8, 4) is 11.3 Å². The molecule has 1 N–H and O–H groups in total. The molecule has 11 nitrogen and oxygen atoms in total.